The predicted molar refractivity (Wildman–Crippen MR) is 107 cm³/mol. The molecule has 0 saturated heterocycles. The van der Waals surface area contributed by atoms with Gasteiger partial charge in [-0.3, -0.25) is 14.5 Å². The number of anilines is 1. The van der Waals surface area contributed by atoms with Crippen molar-refractivity contribution in [2.45, 2.75) is 19.5 Å². The minimum Gasteiger partial charge on any atom is -0.490 e. The van der Waals surface area contributed by atoms with Crippen molar-refractivity contribution < 1.29 is 14.3 Å². The van der Waals surface area contributed by atoms with E-state index >= 15 is 0 Å². The number of benzene rings is 2. The number of ether oxygens (including phenoxy) is 1. The summed E-state index contributed by atoms with van der Waals surface area (Å²) in [4.78, 5) is 25.5. The van der Waals surface area contributed by atoms with Crippen molar-refractivity contribution in [3.05, 3.63) is 72.3 Å². The summed E-state index contributed by atoms with van der Waals surface area (Å²) < 4.78 is 5.47. The average molecular weight is 367 g/mol. The maximum absolute atomic E-state index is 12.5. The Morgan fingerprint density at radius 2 is 1.81 bits per heavy atom. The number of likely N-dealkylation sites (N-methyl/N-ethyl adjacent to an activating group) is 1. The van der Waals surface area contributed by atoms with Gasteiger partial charge in [-0.1, -0.05) is 24.8 Å². The first kappa shape index (κ1) is 20.2. The van der Waals surface area contributed by atoms with Crippen LogP contribution in [0, 0.1) is 0 Å². The Morgan fingerprint density at radius 1 is 1.19 bits per heavy atom. The maximum atomic E-state index is 12.5. The van der Waals surface area contributed by atoms with Crippen molar-refractivity contribution >= 4 is 17.5 Å². The quantitative estimate of drug-likeness (QED) is 0.668. The number of hydrogen-bond acceptors (Lipinski definition) is 4. The SMILES string of the molecule is C=CCOc1ccc(CN(C)[C@@H](C)C(=O)Nc2ccc(C(N)=O)cc2)cc1. The highest BCUT2D eigenvalue weighted by molar-refractivity contribution is 5.96. The van der Waals surface area contributed by atoms with Crippen LogP contribution >= 0.6 is 0 Å². The van der Waals surface area contributed by atoms with Crippen LogP contribution in [0.25, 0.3) is 0 Å². The fourth-order valence-electron chi connectivity index (χ4n) is 2.44. The number of carbonyl (C=O) groups is 2. The lowest BCUT2D eigenvalue weighted by Crippen LogP contribution is -2.39. The summed E-state index contributed by atoms with van der Waals surface area (Å²) in [5, 5.41) is 2.84. The highest BCUT2D eigenvalue weighted by Crippen LogP contribution is 2.15. The van der Waals surface area contributed by atoms with E-state index in [2.05, 4.69) is 11.9 Å². The van der Waals surface area contributed by atoms with Crippen molar-refractivity contribution in [3.63, 3.8) is 0 Å². The summed E-state index contributed by atoms with van der Waals surface area (Å²) in [6.07, 6.45) is 1.70. The molecule has 0 aliphatic heterocycles. The largest absolute Gasteiger partial charge is 0.490 e. The number of primary amides is 1. The van der Waals surface area contributed by atoms with Crippen LogP contribution in [-0.2, 0) is 11.3 Å². The molecule has 0 fully saturated rings. The standard InChI is InChI=1S/C21H25N3O3/c1-4-13-27-19-11-5-16(6-12-19)14-24(3)15(2)21(26)23-18-9-7-17(8-10-18)20(22)25/h4-12,15H,1,13-14H2,2-3H3,(H2,22,25)(H,23,26)/t15-/m0/s1. The second kappa shape index (κ2) is 9.54. The summed E-state index contributed by atoms with van der Waals surface area (Å²) in [6.45, 7) is 6.55. The second-order valence-electron chi connectivity index (χ2n) is 6.27. The summed E-state index contributed by atoms with van der Waals surface area (Å²) in [6, 6.07) is 13.9. The molecule has 6 heteroatoms. The molecular weight excluding hydrogens is 342 g/mol. The van der Waals surface area contributed by atoms with Gasteiger partial charge in [0.2, 0.25) is 11.8 Å². The lowest BCUT2D eigenvalue weighted by atomic mass is 10.1. The number of nitrogens with zero attached hydrogens (tertiary/aromatic N) is 1. The topological polar surface area (TPSA) is 84.7 Å². The van der Waals surface area contributed by atoms with Crippen molar-refractivity contribution in [2.24, 2.45) is 5.73 Å². The summed E-state index contributed by atoms with van der Waals surface area (Å²) in [5.41, 5.74) is 7.31. The summed E-state index contributed by atoms with van der Waals surface area (Å²) >= 11 is 0. The molecule has 3 N–H and O–H groups in total. The van der Waals surface area contributed by atoms with Crippen molar-refractivity contribution in [1.82, 2.24) is 4.90 Å². The van der Waals surface area contributed by atoms with Crippen LogP contribution in [0.1, 0.15) is 22.8 Å². The maximum Gasteiger partial charge on any atom is 0.248 e. The molecule has 0 aromatic heterocycles. The highest BCUT2D eigenvalue weighted by atomic mass is 16.5. The number of nitrogens with one attached hydrogen (secondary N) is 1. The van der Waals surface area contributed by atoms with Crippen LogP contribution in [0.2, 0.25) is 0 Å². The van der Waals surface area contributed by atoms with Gasteiger partial charge in [-0.15, -0.1) is 0 Å². The first-order valence-corrected chi connectivity index (χ1v) is 8.64. The Balaban J connectivity index is 1.91. The number of hydrogen-bond donors (Lipinski definition) is 2. The van der Waals surface area contributed by atoms with Crippen LogP contribution in [-0.4, -0.2) is 36.4 Å². The van der Waals surface area contributed by atoms with Gasteiger partial charge < -0.3 is 15.8 Å². The van der Waals surface area contributed by atoms with Crippen LogP contribution in [0.4, 0.5) is 5.69 Å². The van der Waals surface area contributed by atoms with Gasteiger partial charge in [0.15, 0.2) is 0 Å². The number of nitrogens with two attached hydrogens (primary N) is 1. The fourth-order valence-corrected chi connectivity index (χ4v) is 2.44. The molecule has 1 atom stereocenters. The number of amides is 2. The van der Waals surface area contributed by atoms with Gasteiger partial charge in [0.1, 0.15) is 12.4 Å². The van der Waals surface area contributed by atoms with Gasteiger partial charge >= 0.3 is 0 Å². The van der Waals surface area contributed by atoms with E-state index in [1.54, 1.807) is 30.3 Å². The average Bonchev–Trinajstić information content (AvgIpc) is 2.67. The van der Waals surface area contributed by atoms with Crippen molar-refractivity contribution in [3.8, 4) is 5.75 Å². The van der Waals surface area contributed by atoms with Gasteiger partial charge in [-0.25, -0.2) is 0 Å². The van der Waals surface area contributed by atoms with Crippen LogP contribution in [0.5, 0.6) is 5.75 Å². The third-order valence-electron chi connectivity index (χ3n) is 4.20. The van der Waals surface area contributed by atoms with E-state index in [0.717, 1.165) is 11.3 Å². The molecule has 27 heavy (non-hydrogen) atoms. The molecular formula is C21H25N3O3. The van der Waals surface area contributed by atoms with Crippen LogP contribution in [0.3, 0.4) is 0 Å². The van der Waals surface area contributed by atoms with Crippen molar-refractivity contribution in [2.75, 3.05) is 19.0 Å². The van der Waals surface area contributed by atoms with Crippen LogP contribution in [0.15, 0.2) is 61.2 Å². The molecule has 142 valence electrons. The van der Waals surface area contributed by atoms with E-state index in [0.29, 0.717) is 24.4 Å². The molecule has 0 spiro atoms. The van der Waals surface area contributed by atoms with Gasteiger partial charge in [-0.05, 0) is 55.9 Å². The molecule has 0 aliphatic rings. The molecule has 0 unspecified atom stereocenters. The first-order chi connectivity index (χ1) is 12.9. The summed E-state index contributed by atoms with van der Waals surface area (Å²) in [7, 11) is 1.89. The van der Waals surface area contributed by atoms with Gasteiger partial charge in [0.05, 0.1) is 6.04 Å². The fraction of sp³-hybridized carbons (Fsp3) is 0.238. The van der Waals surface area contributed by atoms with Gasteiger partial charge in [0, 0.05) is 17.8 Å². The minimum absolute atomic E-state index is 0.129. The molecule has 0 radical (unpaired) electrons. The Hall–Kier alpha value is -3.12. The monoisotopic (exact) mass is 367 g/mol. The highest BCUT2D eigenvalue weighted by Gasteiger charge is 2.18. The first-order valence-electron chi connectivity index (χ1n) is 8.64. The molecule has 6 nitrogen and oxygen atoms in total. The Labute approximate surface area is 159 Å². The zero-order chi connectivity index (χ0) is 19.8. The summed E-state index contributed by atoms with van der Waals surface area (Å²) in [5.74, 6) is 0.156. The zero-order valence-electron chi connectivity index (χ0n) is 15.6. The second-order valence-corrected chi connectivity index (χ2v) is 6.27. The normalized spacial score (nSPS) is 11.7. The molecule has 2 aromatic rings. The molecule has 0 bridgehead atoms. The van der Waals surface area contributed by atoms with E-state index in [-0.39, 0.29) is 11.9 Å². The van der Waals surface area contributed by atoms with Crippen LogP contribution < -0.4 is 15.8 Å². The van der Waals surface area contributed by atoms with Gasteiger partial charge in [0.25, 0.3) is 0 Å². The third kappa shape index (κ3) is 5.97. The minimum atomic E-state index is -0.498. The molecule has 2 rings (SSSR count). The lowest BCUT2D eigenvalue weighted by molar-refractivity contribution is -0.120. The smallest absolute Gasteiger partial charge is 0.248 e. The number of carbonyl (C=O) groups excluding carboxylic acids is 2. The molecule has 0 heterocycles. The van der Waals surface area contributed by atoms with E-state index in [9.17, 15) is 9.59 Å². The zero-order valence-corrected chi connectivity index (χ0v) is 15.6. The molecule has 0 saturated carbocycles. The lowest BCUT2D eigenvalue weighted by Gasteiger charge is -2.24. The molecule has 0 aliphatic carbocycles. The molecule has 2 aromatic carbocycles. The Kier molecular flexibility index (Phi) is 7.14. The number of rotatable bonds is 9. The van der Waals surface area contributed by atoms with E-state index < -0.39 is 5.91 Å². The Morgan fingerprint density at radius 3 is 2.37 bits per heavy atom. The Bertz CT molecular complexity index is 785. The van der Waals surface area contributed by atoms with E-state index in [4.69, 9.17) is 10.5 Å². The van der Waals surface area contributed by atoms with E-state index in [1.165, 1.54) is 0 Å². The predicted octanol–water partition coefficient (Wildman–Crippen LogP) is 2.81. The third-order valence-corrected chi connectivity index (χ3v) is 4.20. The van der Waals surface area contributed by atoms with Gasteiger partial charge in [-0.2, -0.15) is 0 Å². The van der Waals surface area contributed by atoms with E-state index in [1.807, 2.05) is 43.1 Å². The van der Waals surface area contributed by atoms with Crippen molar-refractivity contribution in [1.29, 1.82) is 0 Å². The molecule has 2 amide bonds.